The molecule has 4 rings (SSSR count). The molecule has 0 radical (unpaired) electrons. The second-order valence-electron chi connectivity index (χ2n) is 6.03. The first-order valence-corrected chi connectivity index (χ1v) is 7.97. The van der Waals surface area contributed by atoms with Crippen molar-refractivity contribution in [3.63, 3.8) is 0 Å². The van der Waals surface area contributed by atoms with E-state index in [9.17, 15) is 4.79 Å². The zero-order chi connectivity index (χ0) is 14.9. The summed E-state index contributed by atoms with van der Waals surface area (Å²) >= 11 is 0. The Balaban J connectivity index is 1.62. The molecule has 1 atom stereocenters. The number of hydrogen-bond acceptors (Lipinski definition) is 2. The van der Waals surface area contributed by atoms with Crippen molar-refractivity contribution in [2.24, 2.45) is 0 Å². The minimum absolute atomic E-state index is 0.0819. The Kier molecular flexibility index (Phi) is 3.34. The largest absolute Gasteiger partial charge is 0.467 e. The third-order valence-electron chi connectivity index (χ3n) is 4.65. The SMILES string of the molecule is O=C(c1ccc2c(c1)CCC=C2)N1CCCC1c1ccco1. The third kappa shape index (κ3) is 2.27. The van der Waals surface area contributed by atoms with Gasteiger partial charge in [-0.25, -0.2) is 0 Å². The number of furan rings is 1. The molecule has 0 N–H and O–H groups in total. The Morgan fingerprint density at radius 1 is 1.27 bits per heavy atom. The Bertz CT molecular complexity index is 715. The molecule has 112 valence electrons. The molecule has 1 unspecified atom stereocenters. The Labute approximate surface area is 130 Å². The first kappa shape index (κ1) is 13.4. The molecule has 2 aliphatic rings. The minimum atomic E-state index is 0.0819. The van der Waals surface area contributed by atoms with Crippen molar-refractivity contribution in [2.75, 3.05) is 6.54 Å². The van der Waals surface area contributed by atoms with E-state index in [4.69, 9.17) is 4.42 Å². The summed E-state index contributed by atoms with van der Waals surface area (Å²) in [5.74, 6) is 1.02. The highest BCUT2D eigenvalue weighted by Crippen LogP contribution is 2.33. The number of benzene rings is 1. The quantitative estimate of drug-likeness (QED) is 0.830. The molecule has 3 heteroatoms. The first-order valence-electron chi connectivity index (χ1n) is 7.97. The fraction of sp³-hybridized carbons (Fsp3) is 0.316. The van der Waals surface area contributed by atoms with Gasteiger partial charge in [-0.15, -0.1) is 0 Å². The molecule has 2 aromatic rings. The van der Waals surface area contributed by atoms with Gasteiger partial charge in [0.05, 0.1) is 12.3 Å². The number of carbonyl (C=O) groups excluding carboxylic acids is 1. The smallest absolute Gasteiger partial charge is 0.254 e. The van der Waals surface area contributed by atoms with Crippen molar-refractivity contribution in [3.8, 4) is 0 Å². The molecule has 1 amide bonds. The first-order chi connectivity index (χ1) is 10.8. The van der Waals surface area contributed by atoms with E-state index in [1.54, 1.807) is 6.26 Å². The van der Waals surface area contributed by atoms with E-state index in [2.05, 4.69) is 24.3 Å². The number of rotatable bonds is 2. The van der Waals surface area contributed by atoms with Crippen LogP contribution in [0.4, 0.5) is 0 Å². The van der Waals surface area contributed by atoms with E-state index < -0.39 is 0 Å². The summed E-state index contributed by atoms with van der Waals surface area (Å²) in [4.78, 5) is 14.9. The minimum Gasteiger partial charge on any atom is -0.467 e. The average molecular weight is 293 g/mol. The molecule has 1 aliphatic heterocycles. The average Bonchev–Trinajstić information content (AvgIpc) is 3.24. The van der Waals surface area contributed by atoms with Crippen molar-refractivity contribution in [2.45, 2.75) is 31.7 Å². The molecule has 1 aromatic carbocycles. The fourth-order valence-electron chi connectivity index (χ4n) is 3.52. The van der Waals surface area contributed by atoms with E-state index in [0.717, 1.165) is 43.6 Å². The predicted molar refractivity (Wildman–Crippen MR) is 85.5 cm³/mol. The topological polar surface area (TPSA) is 33.5 Å². The van der Waals surface area contributed by atoms with Crippen LogP contribution < -0.4 is 0 Å². The van der Waals surface area contributed by atoms with Gasteiger partial charge < -0.3 is 9.32 Å². The number of fused-ring (bicyclic) bond motifs is 1. The van der Waals surface area contributed by atoms with Gasteiger partial charge >= 0.3 is 0 Å². The van der Waals surface area contributed by atoms with Crippen molar-refractivity contribution in [1.29, 1.82) is 0 Å². The lowest BCUT2D eigenvalue weighted by Gasteiger charge is -2.24. The normalized spacial score (nSPS) is 20.2. The van der Waals surface area contributed by atoms with Gasteiger partial charge in [-0.1, -0.05) is 18.2 Å². The molecule has 0 bridgehead atoms. The molecule has 1 fully saturated rings. The van der Waals surface area contributed by atoms with E-state index >= 15 is 0 Å². The fourth-order valence-corrected chi connectivity index (χ4v) is 3.52. The van der Waals surface area contributed by atoms with Gasteiger partial charge in [0, 0.05) is 12.1 Å². The maximum absolute atomic E-state index is 12.9. The number of amides is 1. The lowest BCUT2D eigenvalue weighted by molar-refractivity contribution is 0.0720. The van der Waals surface area contributed by atoms with Crippen molar-refractivity contribution >= 4 is 12.0 Å². The number of aryl methyl sites for hydroxylation is 1. The molecule has 1 saturated heterocycles. The monoisotopic (exact) mass is 293 g/mol. The van der Waals surface area contributed by atoms with Crippen LogP contribution in [0.25, 0.3) is 6.08 Å². The summed E-state index contributed by atoms with van der Waals surface area (Å²) in [6, 6.07) is 10.0. The molecular formula is C19H19NO2. The Hall–Kier alpha value is -2.29. The molecule has 3 nitrogen and oxygen atoms in total. The summed E-state index contributed by atoms with van der Waals surface area (Å²) in [5, 5.41) is 0. The number of nitrogens with zero attached hydrogens (tertiary/aromatic N) is 1. The molecule has 0 saturated carbocycles. The second kappa shape index (κ2) is 5.48. The third-order valence-corrected chi connectivity index (χ3v) is 4.65. The maximum atomic E-state index is 12.9. The van der Waals surface area contributed by atoms with Crippen molar-refractivity contribution in [3.05, 3.63) is 65.1 Å². The van der Waals surface area contributed by atoms with Gasteiger partial charge in [-0.05, 0) is 61.1 Å². The zero-order valence-electron chi connectivity index (χ0n) is 12.5. The standard InChI is InChI=1S/C19H19NO2/c21-19(16-10-9-14-5-1-2-6-15(14)13-16)20-11-3-7-17(20)18-8-4-12-22-18/h1,4-5,8-10,12-13,17H,2-3,6-7,11H2. The van der Waals surface area contributed by atoms with E-state index in [-0.39, 0.29) is 11.9 Å². The van der Waals surface area contributed by atoms with Crippen LogP contribution in [0.15, 0.2) is 47.1 Å². The lowest BCUT2D eigenvalue weighted by Crippen LogP contribution is -2.30. The summed E-state index contributed by atoms with van der Waals surface area (Å²) in [7, 11) is 0. The van der Waals surface area contributed by atoms with Gasteiger partial charge in [0.15, 0.2) is 0 Å². The highest BCUT2D eigenvalue weighted by atomic mass is 16.3. The second-order valence-corrected chi connectivity index (χ2v) is 6.03. The Morgan fingerprint density at radius 2 is 2.23 bits per heavy atom. The Morgan fingerprint density at radius 3 is 3.09 bits per heavy atom. The molecule has 22 heavy (non-hydrogen) atoms. The molecule has 2 heterocycles. The van der Waals surface area contributed by atoms with Crippen molar-refractivity contribution < 1.29 is 9.21 Å². The van der Waals surface area contributed by atoms with Crippen LogP contribution in [0.5, 0.6) is 0 Å². The number of carbonyl (C=O) groups is 1. The summed E-state index contributed by atoms with van der Waals surface area (Å²) in [5.41, 5.74) is 3.32. The van der Waals surface area contributed by atoms with Gasteiger partial charge in [-0.2, -0.15) is 0 Å². The summed E-state index contributed by atoms with van der Waals surface area (Å²) < 4.78 is 5.52. The zero-order valence-corrected chi connectivity index (χ0v) is 12.5. The lowest BCUT2D eigenvalue weighted by atomic mass is 9.95. The van der Waals surface area contributed by atoms with Crippen LogP contribution in [0, 0.1) is 0 Å². The summed E-state index contributed by atoms with van der Waals surface area (Å²) in [6.07, 6.45) is 10.1. The number of likely N-dealkylation sites (tertiary alicyclic amines) is 1. The highest BCUT2D eigenvalue weighted by Gasteiger charge is 2.32. The number of hydrogen-bond donors (Lipinski definition) is 0. The molecule has 1 aromatic heterocycles. The van der Waals surface area contributed by atoms with E-state index in [1.165, 1.54) is 11.1 Å². The van der Waals surface area contributed by atoms with Gasteiger partial charge in [0.1, 0.15) is 5.76 Å². The van der Waals surface area contributed by atoms with Crippen LogP contribution >= 0.6 is 0 Å². The molecular weight excluding hydrogens is 274 g/mol. The molecule has 0 spiro atoms. The van der Waals surface area contributed by atoms with Crippen molar-refractivity contribution in [1.82, 2.24) is 4.90 Å². The van der Waals surface area contributed by atoms with Gasteiger partial charge in [-0.3, -0.25) is 4.79 Å². The highest BCUT2D eigenvalue weighted by molar-refractivity contribution is 5.95. The van der Waals surface area contributed by atoms with Crippen LogP contribution in [-0.2, 0) is 6.42 Å². The summed E-state index contributed by atoms with van der Waals surface area (Å²) in [6.45, 7) is 0.807. The van der Waals surface area contributed by atoms with E-state index in [1.807, 2.05) is 23.1 Å². The van der Waals surface area contributed by atoms with Crippen LogP contribution in [0.1, 0.15) is 52.5 Å². The van der Waals surface area contributed by atoms with Gasteiger partial charge in [0.25, 0.3) is 5.91 Å². The molecule has 1 aliphatic carbocycles. The van der Waals surface area contributed by atoms with E-state index in [0.29, 0.717) is 0 Å². The number of allylic oxidation sites excluding steroid dienone is 1. The predicted octanol–water partition coefficient (Wildman–Crippen LogP) is 4.22. The van der Waals surface area contributed by atoms with Crippen LogP contribution in [0.2, 0.25) is 0 Å². The van der Waals surface area contributed by atoms with Gasteiger partial charge in [0.2, 0.25) is 0 Å². The van der Waals surface area contributed by atoms with Crippen LogP contribution in [-0.4, -0.2) is 17.4 Å². The maximum Gasteiger partial charge on any atom is 0.254 e. The van der Waals surface area contributed by atoms with Crippen LogP contribution in [0.3, 0.4) is 0 Å².